The molecule has 1 aromatic carbocycles. The van der Waals surface area contributed by atoms with Gasteiger partial charge in [-0.05, 0) is 11.6 Å². The lowest BCUT2D eigenvalue weighted by Crippen LogP contribution is -2.46. The summed E-state index contributed by atoms with van der Waals surface area (Å²) in [6.07, 6.45) is 0.458. The van der Waals surface area contributed by atoms with E-state index in [1.807, 2.05) is 30.3 Å². The average molecular weight is 275 g/mol. The Morgan fingerprint density at radius 2 is 2.21 bits per heavy atom. The highest BCUT2D eigenvalue weighted by Crippen LogP contribution is 2.32. The van der Waals surface area contributed by atoms with E-state index in [1.165, 1.54) is 16.7 Å². The minimum atomic E-state index is -0.618. The molecule has 1 heterocycles. The maximum Gasteiger partial charge on any atom is 0.240 e. The maximum absolute atomic E-state index is 12.2. The first-order valence-electron chi connectivity index (χ1n) is 5.79. The van der Waals surface area contributed by atoms with Crippen molar-refractivity contribution in [2.24, 2.45) is 5.73 Å². The number of anilines is 1. The van der Waals surface area contributed by atoms with E-state index in [9.17, 15) is 9.59 Å². The third-order valence-electron chi connectivity index (χ3n) is 2.97. The average Bonchev–Trinajstić information content (AvgIpc) is 2.78. The number of thioether (sulfide) groups is 1. The summed E-state index contributed by atoms with van der Waals surface area (Å²) in [5.74, 6) is -0.266. The zero-order valence-electron chi connectivity index (χ0n) is 10.2. The largest absolute Gasteiger partial charge is 0.368 e. The molecule has 0 radical (unpaired) electrons. The van der Waals surface area contributed by atoms with Gasteiger partial charge < -0.3 is 5.73 Å². The Labute approximate surface area is 115 Å². The van der Waals surface area contributed by atoms with Crippen LogP contribution >= 0.6 is 11.8 Å². The van der Waals surface area contributed by atoms with Gasteiger partial charge in [0.25, 0.3) is 0 Å². The van der Waals surface area contributed by atoms with Crippen LogP contribution in [0.3, 0.4) is 0 Å². The molecule has 5 nitrogen and oxygen atoms in total. The van der Waals surface area contributed by atoms with Crippen LogP contribution in [0.4, 0.5) is 5.69 Å². The number of primary amides is 1. The second-order valence-electron chi connectivity index (χ2n) is 4.17. The van der Waals surface area contributed by atoms with E-state index < -0.39 is 11.9 Å². The van der Waals surface area contributed by atoms with Crippen LogP contribution in [-0.4, -0.2) is 29.4 Å². The van der Waals surface area contributed by atoms with Crippen molar-refractivity contribution < 1.29 is 9.59 Å². The van der Waals surface area contributed by atoms with Gasteiger partial charge in [-0.2, -0.15) is 5.26 Å². The van der Waals surface area contributed by atoms with E-state index in [4.69, 9.17) is 11.0 Å². The first-order chi connectivity index (χ1) is 9.15. The lowest BCUT2D eigenvalue weighted by atomic mass is 10.1. The fraction of sp³-hybridized carbons (Fsp3) is 0.308. The molecule has 1 atom stereocenters. The molecule has 0 saturated carbocycles. The third-order valence-corrected chi connectivity index (χ3v) is 3.75. The number of nitrogens with two attached hydrogens (primary N) is 1. The second-order valence-corrected chi connectivity index (χ2v) is 5.15. The van der Waals surface area contributed by atoms with E-state index in [1.54, 1.807) is 0 Å². The zero-order valence-corrected chi connectivity index (χ0v) is 11.0. The van der Waals surface area contributed by atoms with Crippen molar-refractivity contribution >= 4 is 29.3 Å². The van der Waals surface area contributed by atoms with Crippen molar-refractivity contribution in [3.05, 3.63) is 29.8 Å². The number of carbonyl (C=O) groups is 2. The van der Waals surface area contributed by atoms with E-state index in [-0.39, 0.29) is 17.4 Å². The van der Waals surface area contributed by atoms with Gasteiger partial charge in [0.15, 0.2) is 0 Å². The van der Waals surface area contributed by atoms with Gasteiger partial charge >= 0.3 is 0 Å². The third kappa shape index (κ3) is 2.71. The number of fused-ring (bicyclic) bond motifs is 1. The normalized spacial score (nSPS) is 16.8. The van der Waals surface area contributed by atoms with Gasteiger partial charge in [-0.3, -0.25) is 14.5 Å². The summed E-state index contributed by atoms with van der Waals surface area (Å²) in [6, 6.07) is 8.74. The minimum absolute atomic E-state index is 0.172. The maximum atomic E-state index is 12.2. The van der Waals surface area contributed by atoms with Crippen LogP contribution in [0.15, 0.2) is 24.3 Å². The Kier molecular flexibility index (Phi) is 4.07. The van der Waals surface area contributed by atoms with Gasteiger partial charge in [0.05, 0.1) is 17.6 Å². The van der Waals surface area contributed by atoms with Gasteiger partial charge in [-0.15, -0.1) is 11.8 Å². The molecule has 2 N–H and O–H groups in total. The molecule has 0 aliphatic carbocycles. The Morgan fingerprint density at radius 1 is 1.47 bits per heavy atom. The number of nitrogens with zero attached hydrogens (tertiary/aromatic N) is 2. The van der Waals surface area contributed by atoms with Crippen LogP contribution in [0.2, 0.25) is 0 Å². The van der Waals surface area contributed by atoms with Crippen molar-refractivity contribution in [3.63, 3.8) is 0 Å². The molecule has 98 valence electrons. The van der Waals surface area contributed by atoms with Crippen molar-refractivity contribution in [2.75, 3.05) is 16.4 Å². The SMILES string of the molecule is N#CCSCC(=O)N1c2ccccc2C[C@H]1C(N)=O. The highest BCUT2D eigenvalue weighted by molar-refractivity contribution is 8.00. The lowest BCUT2D eigenvalue weighted by Gasteiger charge is -2.23. The van der Waals surface area contributed by atoms with Gasteiger partial charge in [0, 0.05) is 12.1 Å². The molecule has 1 aliphatic rings. The highest BCUT2D eigenvalue weighted by atomic mass is 32.2. The highest BCUT2D eigenvalue weighted by Gasteiger charge is 2.36. The Balaban J connectivity index is 2.22. The molecule has 6 heteroatoms. The molecule has 2 rings (SSSR count). The van der Waals surface area contributed by atoms with E-state index in [0.29, 0.717) is 6.42 Å². The molecule has 0 bridgehead atoms. The summed E-state index contributed by atoms with van der Waals surface area (Å²) in [5, 5.41) is 8.47. The van der Waals surface area contributed by atoms with Crippen LogP contribution in [0.1, 0.15) is 5.56 Å². The number of para-hydroxylation sites is 1. The number of nitriles is 1. The summed E-state index contributed by atoms with van der Waals surface area (Å²) < 4.78 is 0. The van der Waals surface area contributed by atoms with Crippen molar-refractivity contribution in [2.45, 2.75) is 12.5 Å². The van der Waals surface area contributed by atoms with E-state index >= 15 is 0 Å². The fourth-order valence-corrected chi connectivity index (χ4v) is 2.68. The van der Waals surface area contributed by atoms with Gasteiger partial charge in [-0.25, -0.2) is 0 Å². The zero-order chi connectivity index (χ0) is 13.8. The molecule has 0 aromatic heterocycles. The Morgan fingerprint density at radius 3 is 2.89 bits per heavy atom. The van der Waals surface area contributed by atoms with Crippen LogP contribution in [-0.2, 0) is 16.0 Å². The van der Waals surface area contributed by atoms with Crippen LogP contribution < -0.4 is 10.6 Å². The summed E-state index contributed by atoms with van der Waals surface area (Å²) in [5.41, 5.74) is 7.06. The molecule has 0 fully saturated rings. The Hall–Kier alpha value is -2.00. The number of hydrogen-bond donors (Lipinski definition) is 1. The molecule has 0 unspecified atom stereocenters. The second kappa shape index (κ2) is 5.76. The van der Waals surface area contributed by atoms with Crippen LogP contribution in [0.5, 0.6) is 0 Å². The predicted molar refractivity (Wildman–Crippen MR) is 73.6 cm³/mol. The number of carbonyl (C=O) groups excluding carboxylic acids is 2. The van der Waals surface area contributed by atoms with E-state index in [2.05, 4.69) is 0 Å². The number of hydrogen-bond acceptors (Lipinski definition) is 4. The molecule has 19 heavy (non-hydrogen) atoms. The molecular weight excluding hydrogens is 262 g/mol. The summed E-state index contributed by atoms with van der Waals surface area (Å²) in [6.45, 7) is 0. The number of rotatable bonds is 4. The first-order valence-corrected chi connectivity index (χ1v) is 6.94. The summed E-state index contributed by atoms with van der Waals surface area (Å²) in [4.78, 5) is 25.1. The van der Waals surface area contributed by atoms with Crippen molar-refractivity contribution in [3.8, 4) is 6.07 Å². The van der Waals surface area contributed by atoms with Gasteiger partial charge in [0.2, 0.25) is 11.8 Å². The number of amides is 2. The molecule has 1 aliphatic heterocycles. The molecule has 2 amide bonds. The topological polar surface area (TPSA) is 87.2 Å². The monoisotopic (exact) mass is 275 g/mol. The molecule has 0 saturated heterocycles. The van der Waals surface area contributed by atoms with Crippen LogP contribution in [0.25, 0.3) is 0 Å². The van der Waals surface area contributed by atoms with Crippen molar-refractivity contribution in [1.82, 2.24) is 0 Å². The standard InChI is InChI=1S/C13H13N3O2S/c14-5-6-19-8-12(17)16-10-4-2-1-3-9(10)7-11(16)13(15)18/h1-4,11H,6-8H2,(H2,15,18)/t11-/m0/s1. The molecule has 1 aromatic rings. The molecular formula is C13H13N3O2S. The minimum Gasteiger partial charge on any atom is -0.368 e. The van der Waals surface area contributed by atoms with E-state index in [0.717, 1.165) is 11.3 Å². The predicted octanol–water partition coefficient (Wildman–Crippen LogP) is 0.686. The number of benzene rings is 1. The lowest BCUT2D eigenvalue weighted by molar-refractivity contribution is -0.123. The Bertz CT molecular complexity index is 553. The molecule has 0 spiro atoms. The van der Waals surface area contributed by atoms with Gasteiger partial charge in [0.1, 0.15) is 6.04 Å². The van der Waals surface area contributed by atoms with Crippen molar-refractivity contribution in [1.29, 1.82) is 5.26 Å². The first kappa shape index (κ1) is 13.4. The smallest absolute Gasteiger partial charge is 0.240 e. The fourth-order valence-electron chi connectivity index (χ4n) is 2.18. The van der Waals surface area contributed by atoms with Gasteiger partial charge in [-0.1, -0.05) is 18.2 Å². The summed E-state index contributed by atoms with van der Waals surface area (Å²) >= 11 is 1.23. The van der Waals surface area contributed by atoms with Crippen LogP contribution in [0, 0.1) is 11.3 Å². The summed E-state index contributed by atoms with van der Waals surface area (Å²) in [7, 11) is 0. The quantitative estimate of drug-likeness (QED) is 0.819.